The van der Waals surface area contributed by atoms with E-state index >= 15 is 0 Å². The van der Waals surface area contributed by atoms with Crippen LogP contribution in [0.25, 0.3) is 22.4 Å². The molecule has 13 heteroatoms. The number of halogens is 2. The average molecular weight is 615 g/mol. The predicted molar refractivity (Wildman–Crippen MR) is 158 cm³/mol. The second kappa shape index (κ2) is 10.4. The van der Waals surface area contributed by atoms with Gasteiger partial charge >= 0.3 is 6.09 Å². The molecule has 1 aromatic carbocycles. The van der Waals surface area contributed by atoms with Gasteiger partial charge in [-0.3, -0.25) is 0 Å². The summed E-state index contributed by atoms with van der Waals surface area (Å²) in [4.78, 5) is 28.5. The van der Waals surface area contributed by atoms with Crippen molar-refractivity contribution >= 4 is 57.6 Å². The number of piperidine rings is 1. The molecule has 41 heavy (non-hydrogen) atoms. The van der Waals surface area contributed by atoms with E-state index in [0.717, 1.165) is 55.3 Å². The number of anilines is 1. The zero-order valence-corrected chi connectivity index (χ0v) is 24.7. The highest BCUT2D eigenvalue weighted by molar-refractivity contribution is 7.09. The molecule has 7 rings (SSSR count). The van der Waals surface area contributed by atoms with Gasteiger partial charge in [0.2, 0.25) is 0 Å². The Hall–Kier alpha value is -2.99. The number of benzene rings is 1. The third-order valence-electron chi connectivity index (χ3n) is 8.73. The Kier molecular flexibility index (Phi) is 6.80. The van der Waals surface area contributed by atoms with Crippen LogP contribution >= 0.6 is 34.5 Å². The molecule has 1 saturated carbocycles. The Bertz CT molecular complexity index is 1640. The number of rotatable bonds is 6. The molecule has 0 radical (unpaired) electrons. The van der Waals surface area contributed by atoms with Gasteiger partial charge in [-0.05, 0) is 50.5 Å². The molecule has 0 bridgehead atoms. The quantitative estimate of drug-likeness (QED) is 0.275. The van der Waals surface area contributed by atoms with Gasteiger partial charge in [-0.25, -0.2) is 24.4 Å². The molecule has 5 heterocycles. The van der Waals surface area contributed by atoms with Crippen molar-refractivity contribution in [2.45, 2.75) is 44.2 Å². The highest BCUT2D eigenvalue weighted by Crippen LogP contribution is 2.63. The van der Waals surface area contributed by atoms with E-state index in [4.69, 9.17) is 48.0 Å². The van der Waals surface area contributed by atoms with Crippen molar-refractivity contribution in [1.82, 2.24) is 30.0 Å². The molecule has 1 unspecified atom stereocenters. The molecule has 3 fully saturated rings. The van der Waals surface area contributed by atoms with E-state index in [2.05, 4.69) is 10.2 Å². The number of carboxylic acid groups (broad SMARTS) is 1. The standard InChI is InChI=1S/C28H29Cl2N7O3S/c1-15-13-41-26(33-15)28(14-32-27(38)39)17-8-9-36(12-18(17)28)20-11-31-24-23(16-5-4-6-19(29)22(16)30)35-37(25(24)34-20)21-7-2-3-10-40-21/h4-6,11,13,17-18,21,32H,2-3,7-10,12,14H2,1H3,(H,38,39)/t17-,18+,21?,28+/m1/s1. The van der Waals surface area contributed by atoms with E-state index in [-0.39, 0.29) is 17.6 Å². The van der Waals surface area contributed by atoms with Crippen molar-refractivity contribution in [2.24, 2.45) is 11.8 Å². The molecule has 1 amide bonds. The number of amides is 1. The van der Waals surface area contributed by atoms with Crippen LogP contribution in [0.1, 0.15) is 42.6 Å². The van der Waals surface area contributed by atoms with Gasteiger partial charge in [0.15, 0.2) is 11.9 Å². The van der Waals surface area contributed by atoms with Crippen molar-refractivity contribution in [3.63, 3.8) is 0 Å². The van der Waals surface area contributed by atoms with Crippen molar-refractivity contribution < 1.29 is 14.6 Å². The lowest BCUT2D eigenvalue weighted by atomic mass is 10.0. The summed E-state index contributed by atoms with van der Waals surface area (Å²) in [5, 5.41) is 20.9. The Labute approximate surface area is 250 Å². The first kappa shape index (κ1) is 26.9. The summed E-state index contributed by atoms with van der Waals surface area (Å²) in [5.74, 6) is 1.39. The Morgan fingerprint density at radius 2 is 2.12 bits per heavy atom. The van der Waals surface area contributed by atoms with Crippen LogP contribution in [0.5, 0.6) is 0 Å². The first-order chi connectivity index (χ1) is 19.9. The normalized spacial score (nSPS) is 25.7. The Balaban J connectivity index is 1.25. The second-order valence-corrected chi connectivity index (χ2v) is 12.7. The highest BCUT2D eigenvalue weighted by Gasteiger charge is 2.68. The van der Waals surface area contributed by atoms with Crippen LogP contribution in [-0.4, -0.2) is 62.2 Å². The zero-order valence-electron chi connectivity index (χ0n) is 22.4. The van der Waals surface area contributed by atoms with E-state index in [9.17, 15) is 9.90 Å². The van der Waals surface area contributed by atoms with Gasteiger partial charge in [0, 0.05) is 48.3 Å². The van der Waals surface area contributed by atoms with Crippen LogP contribution < -0.4 is 10.2 Å². The first-order valence-corrected chi connectivity index (χ1v) is 15.5. The lowest BCUT2D eigenvalue weighted by Crippen LogP contribution is -2.35. The molecule has 0 spiro atoms. The van der Waals surface area contributed by atoms with Crippen molar-refractivity contribution in [1.29, 1.82) is 0 Å². The van der Waals surface area contributed by atoms with Gasteiger partial charge in [0.25, 0.3) is 0 Å². The SMILES string of the molecule is Cc1csc([C@@]2(CNC(=O)O)[C@@H]3CCN(c4cnc5c(-c6cccc(Cl)c6Cl)nn(C6CCCCO6)c5n4)C[C@@H]32)n1. The molecule has 2 aliphatic heterocycles. The van der Waals surface area contributed by atoms with Gasteiger partial charge in [0.05, 0.1) is 16.2 Å². The third kappa shape index (κ3) is 4.54. The summed E-state index contributed by atoms with van der Waals surface area (Å²) in [6.07, 6.45) is 4.37. The summed E-state index contributed by atoms with van der Waals surface area (Å²) < 4.78 is 7.96. The average Bonchev–Trinajstić information content (AvgIpc) is 3.21. The minimum Gasteiger partial charge on any atom is -0.465 e. The van der Waals surface area contributed by atoms with E-state index in [1.165, 1.54) is 0 Å². The minimum atomic E-state index is -1.01. The topological polar surface area (TPSA) is 118 Å². The fourth-order valence-electron chi connectivity index (χ4n) is 6.67. The molecular weight excluding hydrogens is 585 g/mol. The van der Waals surface area contributed by atoms with Crippen molar-refractivity contribution in [3.05, 3.63) is 50.5 Å². The molecule has 2 N–H and O–H groups in total. The van der Waals surface area contributed by atoms with Gasteiger partial charge in [0.1, 0.15) is 22.0 Å². The number of fused-ring (bicyclic) bond motifs is 2. The molecule has 4 atom stereocenters. The van der Waals surface area contributed by atoms with E-state index < -0.39 is 6.09 Å². The van der Waals surface area contributed by atoms with Crippen LogP contribution in [0, 0.1) is 18.8 Å². The monoisotopic (exact) mass is 613 g/mol. The lowest BCUT2D eigenvalue weighted by Gasteiger charge is -2.27. The maximum atomic E-state index is 11.4. The van der Waals surface area contributed by atoms with Gasteiger partial charge < -0.3 is 20.1 Å². The molecule has 214 valence electrons. The molecule has 3 aliphatic rings. The lowest BCUT2D eigenvalue weighted by molar-refractivity contribution is -0.0368. The molecule has 10 nitrogen and oxygen atoms in total. The summed E-state index contributed by atoms with van der Waals surface area (Å²) >= 11 is 14.6. The summed E-state index contributed by atoms with van der Waals surface area (Å²) in [6.45, 7) is 4.54. The number of hydrogen-bond donors (Lipinski definition) is 2. The van der Waals surface area contributed by atoms with Crippen LogP contribution in [-0.2, 0) is 10.2 Å². The van der Waals surface area contributed by atoms with Crippen molar-refractivity contribution in [3.8, 4) is 11.3 Å². The van der Waals surface area contributed by atoms with Crippen LogP contribution in [0.4, 0.5) is 10.6 Å². The van der Waals surface area contributed by atoms with Crippen LogP contribution in [0.2, 0.25) is 10.0 Å². The Morgan fingerprint density at radius 1 is 1.24 bits per heavy atom. The first-order valence-electron chi connectivity index (χ1n) is 13.8. The number of ether oxygens (including phenoxy) is 1. The largest absolute Gasteiger partial charge is 0.465 e. The van der Waals surface area contributed by atoms with Crippen LogP contribution in [0.3, 0.4) is 0 Å². The predicted octanol–water partition coefficient (Wildman–Crippen LogP) is 5.93. The van der Waals surface area contributed by atoms with Gasteiger partial charge in [-0.15, -0.1) is 11.3 Å². The zero-order chi connectivity index (χ0) is 28.3. The number of nitrogens with zero attached hydrogens (tertiary/aromatic N) is 6. The molecule has 2 saturated heterocycles. The maximum absolute atomic E-state index is 11.4. The van der Waals surface area contributed by atoms with E-state index in [1.54, 1.807) is 23.6 Å². The fraction of sp³-hybridized carbons (Fsp3) is 0.464. The summed E-state index contributed by atoms with van der Waals surface area (Å²) in [5.41, 5.74) is 3.29. The Morgan fingerprint density at radius 3 is 2.88 bits per heavy atom. The summed E-state index contributed by atoms with van der Waals surface area (Å²) in [7, 11) is 0. The number of hydrogen-bond acceptors (Lipinski definition) is 8. The smallest absolute Gasteiger partial charge is 0.404 e. The summed E-state index contributed by atoms with van der Waals surface area (Å²) in [6, 6.07) is 5.49. The second-order valence-electron chi connectivity index (χ2n) is 11.1. The number of nitrogens with one attached hydrogen (secondary N) is 1. The molecule has 3 aromatic heterocycles. The number of thiazole rings is 1. The molecule has 4 aromatic rings. The maximum Gasteiger partial charge on any atom is 0.404 e. The third-order valence-corrected chi connectivity index (χ3v) is 10.7. The number of aromatic nitrogens is 5. The van der Waals surface area contributed by atoms with Crippen molar-refractivity contribution in [2.75, 3.05) is 31.1 Å². The van der Waals surface area contributed by atoms with Gasteiger partial charge in [-0.1, -0.05) is 35.3 Å². The highest BCUT2D eigenvalue weighted by atomic mass is 35.5. The molecular formula is C28H29Cl2N7O3S. The van der Waals surface area contributed by atoms with E-state index in [1.807, 2.05) is 29.1 Å². The molecule has 1 aliphatic carbocycles. The number of carbonyl (C=O) groups is 1. The van der Waals surface area contributed by atoms with Crippen LogP contribution in [0.15, 0.2) is 29.8 Å². The number of aryl methyl sites for hydroxylation is 1. The minimum absolute atomic E-state index is 0.237. The fourth-order valence-corrected chi connectivity index (χ4v) is 8.18. The van der Waals surface area contributed by atoms with Gasteiger partial charge in [-0.2, -0.15) is 5.10 Å². The van der Waals surface area contributed by atoms with E-state index in [0.29, 0.717) is 51.5 Å².